The Bertz CT molecular complexity index is 1340. The molecule has 0 aliphatic rings. The van der Waals surface area contributed by atoms with Gasteiger partial charge in [-0.25, -0.2) is 13.6 Å². The van der Waals surface area contributed by atoms with Gasteiger partial charge in [0.15, 0.2) is 0 Å². The summed E-state index contributed by atoms with van der Waals surface area (Å²) < 4.78 is 75.5. The van der Waals surface area contributed by atoms with Crippen LogP contribution in [-0.4, -0.2) is 26.7 Å². The van der Waals surface area contributed by atoms with Gasteiger partial charge in [-0.1, -0.05) is 29.8 Å². The molecule has 1 amide bonds. The molecule has 7 nitrogen and oxygen atoms in total. The summed E-state index contributed by atoms with van der Waals surface area (Å²) in [6.07, 6.45) is -4.68. The molecule has 0 saturated heterocycles. The van der Waals surface area contributed by atoms with Crippen molar-refractivity contribution in [3.8, 4) is 0 Å². The van der Waals surface area contributed by atoms with Crippen molar-refractivity contribution in [1.82, 2.24) is 10.3 Å². The van der Waals surface area contributed by atoms with Crippen molar-refractivity contribution in [2.45, 2.75) is 32.5 Å². The summed E-state index contributed by atoms with van der Waals surface area (Å²) in [4.78, 5) is 16.5. The molecule has 37 heavy (non-hydrogen) atoms. The largest absolute Gasteiger partial charge is 0.433 e. The standard InChI is InChI=1S/C24H23ClF4N4O3S/c1-13-4-7-17(25)11-19(13)31-22-16(6-9-21(32-22)24(27,28)29)12-30-23(34)14(2)15-5-8-20(18(26)10-15)33(3)37(35)36/h4-11,14H,12H2,1-3H3,(H,30,34)(H,31,32)(H,35,36). The number of alkyl halides is 3. The highest BCUT2D eigenvalue weighted by Crippen LogP contribution is 2.32. The first-order chi connectivity index (χ1) is 17.3. The lowest BCUT2D eigenvalue weighted by Crippen LogP contribution is -2.28. The highest BCUT2D eigenvalue weighted by molar-refractivity contribution is 7.80. The van der Waals surface area contributed by atoms with E-state index in [0.717, 1.165) is 16.4 Å². The van der Waals surface area contributed by atoms with Crippen LogP contribution in [0, 0.1) is 12.7 Å². The summed E-state index contributed by atoms with van der Waals surface area (Å²) in [5.74, 6) is -2.25. The molecular weight excluding hydrogens is 536 g/mol. The zero-order valence-corrected chi connectivity index (χ0v) is 21.4. The molecule has 3 rings (SSSR count). The molecule has 1 aromatic heterocycles. The number of benzene rings is 2. The number of pyridine rings is 1. The van der Waals surface area contributed by atoms with Gasteiger partial charge >= 0.3 is 6.18 Å². The Balaban J connectivity index is 1.82. The second-order valence-corrected chi connectivity index (χ2v) is 9.61. The topological polar surface area (TPSA) is 94.6 Å². The number of carbonyl (C=O) groups excluding carboxylic acids is 1. The van der Waals surface area contributed by atoms with E-state index in [0.29, 0.717) is 21.8 Å². The van der Waals surface area contributed by atoms with Crippen LogP contribution in [0.3, 0.4) is 0 Å². The predicted octanol–water partition coefficient (Wildman–Crippen LogP) is 5.94. The summed E-state index contributed by atoms with van der Waals surface area (Å²) >= 11 is 3.60. The molecule has 0 aliphatic carbocycles. The molecular formula is C24H23ClF4N4O3S. The van der Waals surface area contributed by atoms with Crippen molar-refractivity contribution in [2.24, 2.45) is 0 Å². The Morgan fingerprint density at radius 3 is 2.51 bits per heavy atom. The Labute approximate surface area is 218 Å². The Hall–Kier alpha value is -3.22. The quantitative estimate of drug-likeness (QED) is 0.235. The number of nitrogens with zero attached hydrogens (tertiary/aromatic N) is 2. The fraction of sp³-hybridized carbons (Fsp3) is 0.250. The minimum atomic E-state index is -4.68. The maximum absolute atomic E-state index is 14.5. The number of aryl methyl sites for hydroxylation is 1. The molecule has 2 atom stereocenters. The van der Waals surface area contributed by atoms with Crippen molar-refractivity contribution in [3.05, 3.63) is 81.8 Å². The first-order valence-corrected chi connectivity index (χ1v) is 12.2. The maximum Gasteiger partial charge on any atom is 0.433 e. The van der Waals surface area contributed by atoms with Crippen LogP contribution in [0.25, 0.3) is 0 Å². The second kappa shape index (κ2) is 11.4. The van der Waals surface area contributed by atoms with E-state index in [1.54, 1.807) is 25.1 Å². The highest BCUT2D eigenvalue weighted by atomic mass is 35.5. The van der Waals surface area contributed by atoms with Crippen LogP contribution in [0.15, 0.2) is 48.5 Å². The summed E-state index contributed by atoms with van der Waals surface area (Å²) in [5.41, 5.74) is 0.510. The lowest BCUT2D eigenvalue weighted by atomic mass is 9.99. The van der Waals surface area contributed by atoms with E-state index in [4.69, 9.17) is 16.2 Å². The van der Waals surface area contributed by atoms with E-state index in [-0.39, 0.29) is 23.6 Å². The number of hydrogen-bond donors (Lipinski definition) is 3. The van der Waals surface area contributed by atoms with Gasteiger partial charge in [-0.3, -0.25) is 13.7 Å². The van der Waals surface area contributed by atoms with Crippen molar-refractivity contribution in [3.63, 3.8) is 0 Å². The van der Waals surface area contributed by atoms with Gasteiger partial charge in [0, 0.05) is 29.9 Å². The molecule has 0 aliphatic heterocycles. The highest BCUT2D eigenvalue weighted by Gasteiger charge is 2.33. The van der Waals surface area contributed by atoms with E-state index < -0.39 is 40.8 Å². The number of halogens is 5. The second-order valence-electron chi connectivity index (χ2n) is 8.16. The molecule has 3 N–H and O–H groups in total. The fourth-order valence-corrected chi connectivity index (χ4v) is 3.86. The lowest BCUT2D eigenvalue weighted by molar-refractivity contribution is -0.141. The van der Waals surface area contributed by atoms with Gasteiger partial charge in [-0.05, 0) is 55.3 Å². The molecule has 198 valence electrons. The maximum atomic E-state index is 14.5. The third kappa shape index (κ3) is 6.96. The van der Waals surface area contributed by atoms with E-state index in [1.165, 1.54) is 32.2 Å². The van der Waals surface area contributed by atoms with E-state index in [9.17, 15) is 26.6 Å². The summed E-state index contributed by atoms with van der Waals surface area (Å²) in [7, 11) is 1.24. The summed E-state index contributed by atoms with van der Waals surface area (Å²) in [6, 6.07) is 10.7. The number of carbonyl (C=O) groups is 1. The van der Waals surface area contributed by atoms with Crippen LogP contribution in [-0.2, 0) is 28.8 Å². The SMILES string of the molecule is Cc1ccc(Cl)cc1Nc1nc(C(F)(F)F)ccc1CNC(=O)C(C)c1ccc(N(C)S(=O)O)c(F)c1. The van der Waals surface area contributed by atoms with Crippen LogP contribution in [0.1, 0.15) is 35.2 Å². The molecule has 0 bridgehead atoms. The zero-order valence-electron chi connectivity index (χ0n) is 19.9. The number of amides is 1. The molecule has 0 saturated carbocycles. The number of anilines is 3. The first kappa shape index (κ1) is 28.4. The average Bonchev–Trinajstić information content (AvgIpc) is 2.83. The molecule has 0 spiro atoms. The Morgan fingerprint density at radius 2 is 1.89 bits per heavy atom. The van der Waals surface area contributed by atoms with Crippen LogP contribution < -0.4 is 14.9 Å². The van der Waals surface area contributed by atoms with E-state index in [2.05, 4.69) is 15.6 Å². The lowest BCUT2D eigenvalue weighted by Gasteiger charge is -2.18. The van der Waals surface area contributed by atoms with E-state index in [1.807, 2.05) is 0 Å². The van der Waals surface area contributed by atoms with Gasteiger partial charge in [-0.15, -0.1) is 0 Å². The third-order valence-electron chi connectivity index (χ3n) is 5.61. The van der Waals surface area contributed by atoms with Crippen LogP contribution in [0.2, 0.25) is 5.02 Å². The minimum Gasteiger partial charge on any atom is -0.351 e. The summed E-state index contributed by atoms with van der Waals surface area (Å²) in [6.45, 7) is 3.11. The van der Waals surface area contributed by atoms with Gasteiger partial charge in [0.1, 0.15) is 17.3 Å². The minimum absolute atomic E-state index is 0.108. The van der Waals surface area contributed by atoms with Crippen molar-refractivity contribution >= 4 is 46.0 Å². The summed E-state index contributed by atoms with van der Waals surface area (Å²) in [5, 5.41) is 5.87. The van der Waals surface area contributed by atoms with Crippen molar-refractivity contribution in [1.29, 1.82) is 0 Å². The van der Waals surface area contributed by atoms with Crippen molar-refractivity contribution < 1.29 is 31.1 Å². The average molecular weight is 559 g/mol. The van der Waals surface area contributed by atoms with Gasteiger partial charge in [-0.2, -0.15) is 13.2 Å². The van der Waals surface area contributed by atoms with Crippen LogP contribution in [0.4, 0.5) is 34.8 Å². The Morgan fingerprint density at radius 1 is 1.19 bits per heavy atom. The number of hydrogen-bond acceptors (Lipinski definition) is 4. The molecule has 13 heteroatoms. The molecule has 2 unspecified atom stereocenters. The van der Waals surface area contributed by atoms with E-state index >= 15 is 0 Å². The Kier molecular flexibility index (Phi) is 8.77. The molecule has 2 aromatic carbocycles. The molecule has 0 fully saturated rings. The normalized spacial score (nSPS) is 13.1. The number of rotatable bonds is 8. The van der Waals surface area contributed by atoms with Gasteiger partial charge < -0.3 is 10.6 Å². The molecule has 0 radical (unpaired) electrons. The molecule has 1 heterocycles. The van der Waals surface area contributed by atoms with Crippen LogP contribution in [0.5, 0.6) is 0 Å². The monoisotopic (exact) mass is 558 g/mol. The first-order valence-electron chi connectivity index (χ1n) is 10.8. The van der Waals surface area contributed by atoms with Crippen molar-refractivity contribution in [2.75, 3.05) is 16.7 Å². The number of nitrogens with one attached hydrogen (secondary N) is 2. The predicted molar refractivity (Wildman–Crippen MR) is 135 cm³/mol. The third-order valence-corrected chi connectivity index (χ3v) is 6.51. The van der Waals surface area contributed by atoms with Gasteiger partial charge in [0.2, 0.25) is 5.91 Å². The zero-order chi connectivity index (χ0) is 27.5. The smallest absolute Gasteiger partial charge is 0.351 e. The van der Waals surface area contributed by atoms with Gasteiger partial charge in [0.25, 0.3) is 11.3 Å². The van der Waals surface area contributed by atoms with Gasteiger partial charge in [0.05, 0.1) is 11.6 Å². The fourth-order valence-electron chi connectivity index (χ4n) is 3.37. The van der Waals surface area contributed by atoms with Crippen LogP contribution >= 0.6 is 11.6 Å². The number of aromatic nitrogens is 1. The molecule has 3 aromatic rings.